The van der Waals surface area contributed by atoms with Crippen LogP contribution in [-0.4, -0.2) is 50.3 Å². The van der Waals surface area contributed by atoms with Crippen LogP contribution in [0.1, 0.15) is 41.3 Å². The maximum atomic E-state index is 12.2. The predicted octanol–water partition coefficient (Wildman–Crippen LogP) is 2.10. The topological polar surface area (TPSA) is 108 Å². The van der Waals surface area contributed by atoms with Crippen molar-refractivity contribution in [3.05, 3.63) is 53.0 Å². The van der Waals surface area contributed by atoms with E-state index >= 15 is 0 Å². The molecular formula is C22H32N4O4. The fraction of sp³-hybridized carbons (Fsp3) is 0.455. The van der Waals surface area contributed by atoms with Crippen molar-refractivity contribution in [2.75, 3.05) is 33.3 Å². The maximum absolute atomic E-state index is 12.2. The molecule has 1 atom stereocenters. The summed E-state index contributed by atoms with van der Waals surface area (Å²) in [6, 6.07) is 8.82. The Morgan fingerprint density at radius 1 is 1.20 bits per heavy atom. The number of nitrogens with zero attached hydrogens (tertiary/aromatic N) is 1. The molecule has 2 aromatic rings. The van der Waals surface area contributed by atoms with Gasteiger partial charge in [-0.25, -0.2) is 4.99 Å². The smallest absolute Gasteiger partial charge is 0.251 e. The number of nitrogens with one attached hydrogen (secondary N) is 3. The van der Waals surface area contributed by atoms with Gasteiger partial charge in [0.1, 0.15) is 22.9 Å². The van der Waals surface area contributed by atoms with Crippen molar-refractivity contribution in [2.45, 2.75) is 33.3 Å². The molecule has 0 fully saturated rings. The van der Waals surface area contributed by atoms with Crippen molar-refractivity contribution in [1.29, 1.82) is 0 Å². The van der Waals surface area contributed by atoms with E-state index in [0.717, 1.165) is 11.3 Å². The highest BCUT2D eigenvalue weighted by Crippen LogP contribution is 2.27. The summed E-state index contributed by atoms with van der Waals surface area (Å²) in [5, 5.41) is 20.0. The minimum absolute atomic E-state index is 0.165. The van der Waals surface area contributed by atoms with Gasteiger partial charge in [0, 0.05) is 30.8 Å². The van der Waals surface area contributed by atoms with Gasteiger partial charge in [0.05, 0.1) is 13.7 Å². The third-order valence-corrected chi connectivity index (χ3v) is 4.55. The van der Waals surface area contributed by atoms with Crippen LogP contribution in [0.25, 0.3) is 0 Å². The summed E-state index contributed by atoms with van der Waals surface area (Å²) in [7, 11) is 1.56. The Hall–Kier alpha value is -3.00. The Morgan fingerprint density at radius 2 is 1.93 bits per heavy atom. The molecule has 1 heterocycles. The molecule has 164 valence electrons. The normalized spacial score (nSPS) is 13.5. The van der Waals surface area contributed by atoms with Crippen LogP contribution in [0.2, 0.25) is 0 Å². The van der Waals surface area contributed by atoms with E-state index in [0.29, 0.717) is 42.7 Å². The SMILES string of the molecule is CCNC(=NCC(C)(O)c1cc(C)oc1C)NCCNC(=O)c1cccc(OC)c1. The highest BCUT2D eigenvalue weighted by atomic mass is 16.5. The number of rotatable bonds is 9. The van der Waals surface area contributed by atoms with Gasteiger partial charge in [-0.1, -0.05) is 6.07 Å². The van der Waals surface area contributed by atoms with Crippen molar-refractivity contribution in [2.24, 2.45) is 4.99 Å². The summed E-state index contributed by atoms with van der Waals surface area (Å²) in [6.45, 7) is 9.09. The van der Waals surface area contributed by atoms with Crippen molar-refractivity contribution in [1.82, 2.24) is 16.0 Å². The minimum Gasteiger partial charge on any atom is -0.497 e. The molecule has 30 heavy (non-hydrogen) atoms. The molecule has 0 aliphatic heterocycles. The van der Waals surface area contributed by atoms with Gasteiger partial charge < -0.3 is 30.2 Å². The van der Waals surface area contributed by atoms with Crippen LogP contribution in [0.15, 0.2) is 39.7 Å². The van der Waals surface area contributed by atoms with Crippen LogP contribution in [0, 0.1) is 13.8 Å². The molecule has 8 nitrogen and oxygen atoms in total. The first-order chi connectivity index (χ1) is 14.3. The fourth-order valence-electron chi connectivity index (χ4n) is 3.05. The molecule has 0 saturated heterocycles. The van der Waals surface area contributed by atoms with Gasteiger partial charge in [-0.2, -0.15) is 0 Å². The highest BCUT2D eigenvalue weighted by molar-refractivity contribution is 5.94. The van der Waals surface area contributed by atoms with E-state index < -0.39 is 5.60 Å². The number of aliphatic imine (C=N–C) groups is 1. The predicted molar refractivity (Wildman–Crippen MR) is 117 cm³/mol. The summed E-state index contributed by atoms with van der Waals surface area (Å²) in [6.07, 6.45) is 0. The Balaban J connectivity index is 1.89. The van der Waals surface area contributed by atoms with Crippen molar-refractivity contribution >= 4 is 11.9 Å². The monoisotopic (exact) mass is 416 g/mol. The number of carbonyl (C=O) groups is 1. The molecule has 1 unspecified atom stereocenters. The zero-order valence-corrected chi connectivity index (χ0v) is 18.3. The first kappa shape index (κ1) is 23.3. The van der Waals surface area contributed by atoms with Crippen LogP contribution in [0.4, 0.5) is 0 Å². The van der Waals surface area contributed by atoms with Crippen LogP contribution in [-0.2, 0) is 5.60 Å². The average molecular weight is 417 g/mol. The summed E-state index contributed by atoms with van der Waals surface area (Å²) >= 11 is 0. The molecule has 0 aliphatic rings. The van der Waals surface area contributed by atoms with Gasteiger partial charge in [0.25, 0.3) is 5.91 Å². The lowest BCUT2D eigenvalue weighted by atomic mass is 9.96. The van der Waals surface area contributed by atoms with E-state index in [1.165, 1.54) is 0 Å². The number of carbonyl (C=O) groups excluding carboxylic acids is 1. The molecule has 0 aliphatic carbocycles. The lowest BCUT2D eigenvalue weighted by Gasteiger charge is -2.21. The Morgan fingerprint density at radius 3 is 2.57 bits per heavy atom. The second kappa shape index (κ2) is 10.7. The van der Waals surface area contributed by atoms with E-state index in [1.807, 2.05) is 26.8 Å². The van der Waals surface area contributed by atoms with Gasteiger partial charge in [0.15, 0.2) is 5.96 Å². The molecule has 0 bridgehead atoms. The van der Waals surface area contributed by atoms with Crippen molar-refractivity contribution < 1.29 is 19.1 Å². The molecule has 4 N–H and O–H groups in total. The quantitative estimate of drug-likeness (QED) is 0.283. The summed E-state index contributed by atoms with van der Waals surface area (Å²) in [4.78, 5) is 16.7. The molecule has 8 heteroatoms. The maximum Gasteiger partial charge on any atom is 0.251 e. The van der Waals surface area contributed by atoms with Gasteiger partial charge >= 0.3 is 0 Å². The van der Waals surface area contributed by atoms with Crippen LogP contribution >= 0.6 is 0 Å². The van der Waals surface area contributed by atoms with Crippen molar-refractivity contribution in [3.63, 3.8) is 0 Å². The molecule has 2 rings (SSSR count). The van der Waals surface area contributed by atoms with Gasteiger partial charge in [-0.05, 0) is 52.0 Å². The van der Waals surface area contributed by atoms with E-state index in [2.05, 4.69) is 20.9 Å². The zero-order valence-electron chi connectivity index (χ0n) is 18.3. The van der Waals surface area contributed by atoms with E-state index in [4.69, 9.17) is 9.15 Å². The fourth-order valence-corrected chi connectivity index (χ4v) is 3.05. The molecule has 1 aromatic heterocycles. The molecule has 1 amide bonds. The number of benzene rings is 1. The molecule has 0 radical (unpaired) electrons. The number of hydrogen-bond donors (Lipinski definition) is 4. The molecule has 1 aromatic carbocycles. The van der Waals surface area contributed by atoms with Crippen molar-refractivity contribution in [3.8, 4) is 5.75 Å². The van der Waals surface area contributed by atoms with Crippen LogP contribution < -0.4 is 20.7 Å². The van der Waals surface area contributed by atoms with E-state index in [9.17, 15) is 9.90 Å². The van der Waals surface area contributed by atoms with Gasteiger partial charge in [-0.15, -0.1) is 0 Å². The second-order valence-corrected chi connectivity index (χ2v) is 7.21. The van der Waals surface area contributed by atoms with Crippen LogP contribution in [0.5, 0.6) is 5.75 Å². The standard InChI is InChI=1S/C22H32N4O4/c1-6-23-21(26-14-22(4,28)19-12-15(2)30-16(19)3)25-11-10-24-20(27)17-8-7-9-18(13-17)29-5/h7-9,12-13,28H,6,10-11,14H2,1-5H3,(H,24,27)(H2,23,25,26). The average Bonchev–Trinajstić information content (AvgIpc) is 3.08. The Labute approximate surface area is 177 Å². The number of aliphatic hydroxyl groups is 1. The first-order valence-corrected chi connectivity index (χ1v) is 10.0. The summed E-state index contributed by atoms with van der Waals surface area (Å²) < 4.78 is 10.7. The molecule has 0 saturated carbocycles. The number of amides is 1. The summed E-state index contributed by atoms with van der Waals surface area (Å²) in [5.74, 6) is 2.46. The van der Waals surface area contributed by atoms with Gasteiger partial charge in [-0.3, -0.25) is 4.79 Å². The number of aryl methyl sites for hydroxylation is 2. The van der Waals surface area contributed by atoms with Gasteiger partial charge in [0.2, 0.25) is 0 Å². The largest absolute Gasteiger partial charge is 0.497 e. The van der Waals surface area contributed by atoms with E-state index in [-0.39, 0.29) is 12.5 Å². The zero-order chi connectivity index (χ0) is 22.1. The Kier molecular flexibility index (Phi) is 8.29. The second-order valence-electron chi connectivity index (χ2n) is 7.21. The summed E-state index contributed by atoms with van der Waals surface area (Å²) in [5.41, 5.74) is 0.118. The lowest BCUT2D eigenvalue weighted by molar-refractivity contribution is 0.0657. The third kappa shape index (κ3) is 6.52. The number of guanidine groups is 1. The number of methoxy groups -OCH3 is 1. The number of furan rings is 1. The molecular weight excluding hydrogens is 384 g/mol. The number of ether oxygens (including phenoxy) is 1. The third-order valence-electron chi connectivity index (χ3n) is 4.55. The Bertz CT molecular complexity index is 874. The lowest BCUT2D eigenvalue weighted by Crippen LogP contribution is -2.42. The first-order valence-electron chi connectivity index (χ1n) is 10.0. The van der Waals surface area contributed by atoms with Crippen LogP contribution in [0.3, 0.4) is 0 Å². The highest BCUT2D eigenvalue weighted by Gasteiger charge is 2.27. The minimum atomic E-state index is -1.15. The number of hydrogen-bond acceptors (Lipinski definition) is 5. The van der Waals surface area contributed by atoms with E-state index in [1.54, 1.807) is 38.3 Å². The molecule has 0 spiro atoms.